The van der Waals surface area contributed by atoms with E-state index in [1.54, 1.807) is 48.8 Å². The third-order valence-corrected chi connectivity index (χ3v) is 7.09. The summed E-state index contributed by atoms with van der Waals surface area (Å²) in [5.74, 6) is -2.55. The van der Waals surface area contributed by atoms with E-state index in [1.165, 1.54) is 31.0 Å². The Kier molecular flexibility index (Phi) is 9.77. The SMILES string of the molecule is COc1cc(OC)c(F)c(-c2cc3cnc(Nc4ccncc4)nc3n(Cc3cccc(CC(=O)/C=C/CN(C)C)c3)c2=O)c1F. The number of methoxy groups -OCH3 is 2. The van der Waals surface area contributed by atoms with Crippen LogP contribution in [0.15, 0.2) is 84.1 Å². The number of fused-ring (bicyclic) bond motifs is 1. The van der Waals surface area contributed by atoms with E-state index in [1.807, 2.05) is 31.1 Å². The number of ether oxygens (including phenoxy) is 2. The third kappa shape index (κ3) is 7.08. The average Bonchev–Trinajstić information content (AvgIpc) is 3.04. The first-order chi connectivity index (χ1) is 22.2. The number of hydrogen-bond donors (Lipinski definition) is 1. The first-order valence-corrected chi connectivity index (χ1v) is 14.3. The molecule has 0 spiro atoms. The highest BCUT2D eigenvalue weighted by molar-refractivity contribution is 5.91. The van der Waals surface area contributed by atoms with E-state index in [-0.39, 0.29) is 47.4 Å². The van der Waals surface area contributed by atoms with Gasteiger partial charge >= 0.3 is 0 Å². The van der Waals surface area contributed by atoms with Gasteiger partial charge in [-0.2, -0.15) is 4.98 Å². The van der Waals surface area contributed by atoms with Crippen molar-refractivity contribution in [2.24, 2.45) is 0 Å². The molecule has 0 atom stereocenters. The van der Waals surface area contributed by atoms with Crippen molar-refractivity contribution in [3.05, 3.63) is 112 Å². The summed E-state index contributed by atoms with van der Waals surface area (Å²) >= 11 is 0. The predicted molar refractivity (Wildman–Crippen MR) is 172 cm³/mol. The van der Waals surface area contributed by atoms with E-state index >= 15 is 8.78 Å². The fourth-order valence-corrected chi connectivity index (χ4v) is 4.91. The Labute approximate surface area is 264 Å². The van der Waals surface area contributed by atoms with Gasteiger partial charge in [-0.15, -0.1) is 0 Å². The molecule has 0 saturated heterocycles. The first-order valence-electron chi connectivity index (χ1n) is 14.3. The van der Waals surface area contributed by atoms with Gasteiger partial charge < -0.3 is 19.7 Å². The molecule has 0 aliphatic carbocycles. The molecule has 1 N–H and O–H groups in total. The lowest BCUT2D eigenvalue weighted by Crippen LogP contribution is -2.24. The van der Waals surface area contributed by atoms with Gasteiger partial charge in [0, 0.05) is 48.7 Å². The summed E-state index contributed by atoms with van der Waals surface area (Å²) in [5.41, 5.74) is 0.746. The van der Waals surface area contributed by atoms with Crippen molar-refractivity contribution >= 4 is 28.5 Å². The highest BCUT2D eigenvalue weighted by Gasteiger charge is 2.25. The maximum absolute atomic E-state index is 15.6. The fourth-order valence-electron chi connectivity index (χ4n) is 4.91. The number of nitrogens with zero attached hydrogens (tertiary/aromatic N) is 5. The Bertz CT molecular complexity index is 1950. The van der Waals surface area contributed by atoms with Crippen molar-refractivity contribution in [2.45, 2.75) is 13.0 Å². The van der Waals surface area contributed by atoms with E-state index in [4.69, 9.17) is 9.47 Å². The molecule has 12 heteroatoms. The molecular formula is C34H32F2N6O4. The standard InChI is InChI=1S/C34H32F2N6O4/c1-41(2)14-6-9-25(43)16-21-7-5-8-22(15-21)20-42-32-23(19-38-34(40-32)39-24-10-12-37-13-11-24)17-26(33(42)44)29-30(35)27(45-3)18-28(46-4)31(29)36/h5-13,15,17-19H,14,16,20H2,1-4H3,(H,37,38,39,40)/b9-6+. The second-order valence-corrected chi connectivity index (χ2v) is 10.7. The number of carbonyl (C=O) groups is 1. The van der Waals surface area contributed by atoms with Crippen LogP contribution in [-0.4, -0.2) is 65.1 Å². The summed E-state index contributed by atoms with van der Waals surface area (Å²) in [5, 5.41) is 3.43. The molecule has 0 radical (unpaired) electrons. The molecular weight excluding hydrogens is 594 g/mol. The summed E-state index contributed by atoms with van der Waals surface area (Å²) in [6.07, 6.45) is 8.18. The summed E-state index contributed by atoms with van der Waals surface area (Å²) in [4.78, 5) is 41.7. The molecule has 236 valence electrons. The van der Waals surface area contributed by atoms with Gasteiger partial charge in [-0.05, 0) is 49.5 Å². The molecule has 0 amide bonds. The van der Waals surface area contributed by atoms with E-state index in [2.05, 4.69) is 20.3 Å². The molecule has 0 aliphatic heterocycles. The van der Waals surface area contributed by atoms with E-state index < -0.39 is 22.8 Å². The van der Waals surface area contributed by atoms with Gasteiger partial charge in [0.05, 0.1) is 31.9 Å². The monoisotopic (exact) mass is 626 g/mol. The summed E-state index contributed by atoms with van der Waals surface area (Å²) in [6.45, 7) is 0.621. The lowest BCUT2D eigenvalue weighted by atomic mass is 10.0. The average molecular weight is 627 g/mol. The van der Waals surface area contributed by atoms with Crippen LogP contribution in [0.4, 0.5) is 20.4 Å². The van der Waals surface area contributed by atoms with Crippen molar-refractivity contribution in [3.63, 3.8) is 0 Å². The molecule has 10 nitrogen and oxygen atoms in total. The van der Waals surface area contributed by atoms with E-state index in [0.717, 1.165) is 11.6 Å². The summed E-state index contributed by atoms with van der Waals surface area (Å²) in [6, 6.07) is 13.1. The number of anilines is 2. The van der Waals surface area contributed by atoms with Crippen LogP contribution >= 0.6 is 0 Å². The van der Waals surface area contributed by atoms with Crippen LogP contribution in [0.25, 0.3) is 22.2 Å². The summed E-state index contributed by atoms with van der Waals surface area (Å²) < 4.78 is 42.8. The zero-order chi connectivity index (χ0) is 32.8. The highest BCUT2D eigenvalue weighted by atomic mass is 19.1. The number of rotatable bonds is 12. The van der Waals surface area contributed by atoms with Crippen LogP contribution in [0.5, 0.6) is 11.5 Å². The van der Waals surface area contributed by atoms with Crippen LogP contribution in [0.2, 0.25) is 0 Å². The van der Waals surface area contributed by atoms with Gasteiger partial charge in [0.1, 0.15) is 5.65 Å². The van der Waals surface area contributed by atoms with Crippen LogP contribution < -0.4 is 20.3 Å². The Morgan fingerprint density at radius 2 is 1.70 bits per heavy atom. The van der Waals surface area contributed by atoms with Crippen molar-refractivity contribution in [1.82, 2.24) is 24.4 Å². The van der Waals surface area contributed by atoms with Crippen molar-refractivity contribution < 1.29 is 23.0 Å². The molecule has 2 aromatic carbocycles. The van der Waals surface area contributed by atoms with Gasteiger partial charge in [0.25, 0.3) is 5.56 Å². The van der Waals surface area contributed by atoms with Crippen LogP contribution in [0.3, 0.4) is 0 Å². The Morgan fingerprint density at radius 3 is 2.37 bits per heavy atom. The van der Waals surface area contributed by atoms with Crippen molar-refractivity contribution in [2.75, 3.05) is 40.2 Å². The number of ketones is 1. The zero-order valence-corrected chi connectivity index (χ0v) is 25.8. The Hall–Kier alpha value is -5.49. The van der Waals surface area contributed by atoms with Gasteiger partial charge in [0.2, 0.25) is 5.95 Å². The minimum Gasteiger partial charge on any atom is -0.494 e. The highest BCUT2D eigenvalue weighted by Crippen LogP contribution is 2.37. The largest absolute Gasteiger partial charge is 0.494 e. The van der Waals surface area contributed by atoms with Crippen LogP contribution in [-0.2, 0) is 17.8 Å². The summed E-state index contributed by atoms with van der Waals surface area (Å²) in [7, 11) is 6.30. The molecule has 0 aliphatic rings. The fraction of sp³-hybridized carbons (Fsp3) is 0.206. The quantitative estimate of drug-likeness (QED) is 0.188. The second-order valence-electron chi connectivity index (χ2n) is 10.7. The lowest BCUT2D eigenvalue weighted by molar-refractivity contribution is -0.114. The number of carbonyl (C=O) groups excluding carboxylic acids is 1. The molecule has 3 aromatic heterocycles. The van der Waals surface area contributed by atoms with Gasteiger partial charge in [-0.1, -0.05) is 30.3 Å². The number of aromatic nitrogens is 4. The molecule has 0 fully saturated rings. The van der Waals surface area contributed by atoms with Crippen molar-refractivity contribution in [1.29, 1.82) is 0 Å². The van der Waals surface area contributed by atoms with Crippen LogP contribution in [0.1, 0.15) is 11.1 Å². The number of nitrogens with one attached hydrogen (secondary N) is 1. The number of hydrogen-bond acceptors (Lipinski definition) is 9. The van der Waals surface area contributed by atoms with Gasteiger partial charge in [0.15, 0.2) is 28.9 Å². The van der Waals surface area contributed by atoms with Crippen LogP contribution in [0, 0.1) is 11.6 Å². The molecule has 0 saturated carbocycles. The minimum atomic E-state index is -1.05. The van der Waals surface area contributed by atoms with Crippen molar-refractivity contribution in [3.8, 4) is 22.6 Å². The maximum atomic E-state index is 15.6. The smallest absolute Gasteiger partial charge is 0.260 e. The number of halogens is 2. The number of benzene rings is 2. The molecule has 3 heterocycles. The molecule has 0 bridgehead atoms. The van der Waals surface area contributed by atoms with E-state index in [0.29, 0.717) is 23.2 Å². The molecule has 5 aromatic rings. The zero-order valence-electron chi connectivity index (χ0n) is 25.8. The lowest BCUT2D eigenvalue weighted by Gasteiger charge is -2.16. The third-order valence-electron chi connectivity index (χ3n) is 7.09. The van der Waals surface area contributed by atoms with Gasteiger partial charge in [-0.3, -0.25) is 19.1 Å². The molecule has 0 unspecified atom stereocenters. The number of likely N-dealkylation sites (N-methyl/N-ethyl adjacent to an activating group) is 1. The molecule has 46 heavy (non-hydrogen) atoms. The number of pyridine rings is 2. The Morgan fingerprint density at radius 1 is 1.00 bits per heavy atom. The Balaban J connectivity index is 1.63. The number of allylic oxidation sites excluding steroid dienone is 1. The second kappa shape index (κ2) is 14.1. The van der Waals surface area contributed by atoms with Gasteiger partial charge in [-0.25, -0.2) is 13.8 Å². The molecule has 5 rings (SSSR count). The normalized spacial score (nSPS) is 11.4. The minimum absolute atomic E-state index is 0.0161. The predicted octanol–water partition coefficient (Wildman–Crippen LogP) is 5.17. The maximum Gasteiger partial charge on any atom is 0.260 e. The topological polar surface area (TPSA) is 111 Å². The first kappa shape index (κ1) is 31.9. The van der Waals surface area contributed by atoms with E-state index in [9.17, 15) is 9.59 Å².